The Morgan fingerprint density at radius 3 is 3.00 bits per heavy atom. The number of amides is 1. The SMILES string of the molecule is C=CCOC(=O)N[C@H]1CCC(=O)OC1=O. The van der Waals surface area contributed by atoms with E-state index >= 15 is 0 Å². The van der Waals surface area contributed by atoms with E-state index in [1.807, 2.05) is 0 Å². The summed E-state index contributed by atoms with van der Waals surface area (Å²) in [6.07, 6.45) is 1.02. The summed E-state index contributed by atoms with van der Waals surface area (Å²) in [5.74, 6) is -1.32. The molecule has 0 aliphatic carbocycles. The first-order valence-electron chi connectivity index (χ1n) is 4.42. The second-order valence-corrected chi connectivity index (χ2v) is 2.92. The van der Waals surface area contributed by atoms with Gasteiger partial charge in [0.05, 0.1) is 0 Å². The van der Waals surface area contributed by atoms with Crippen LogP contribution in [-0.2, 0) is 19.1 Å². The lowest BCUT2D eigenvalue weighted by molar-refractivity contribution is -0.165. The third-order valence-corrected chi connectivity index (χ3v) is 1.76. The number of cyclic esters (lactones) is 2. The van der Waals surface area contributed by atoms with Gasteiger partial charge in [0.15, 0.2) is 0 Å². The lowest BCUT2D eigenvalue weighted by atomic mass is 10.1. The second-order valence-electron chi connectivity index (χ2n) is 2.92. The monoisotopic (exact) mass is 213 g/mol. The van der Waals surface area contributed by atoms with Gasteiger partial charge < -0.3 is 14.8 Å². The molecular formula is C9H11NO5. The summed E-state index contributed by atoms with van der Waals surface area (Å²) < 4.78 is 8.94. The molecule has 0 aromatic carbocycles. The zero-order valence-electron chi connectivity index (χ0n) is 8.02. The molecule has 1 heterocycles. The van der Waals surface area contributed by atoms with Crippen LogP contribution in [-0.4, -0.2) is 30.7 Å². The van der Waals surface area contributed by atoms with Gasteiger partial charge in [0.1, 0.15) is 12.6 Å². The van der Waals surface area contributed by atoms with Crippen molar-refractivity contribution in [2.75, 3.05) is 6.61 Å². The van der Waals surface area contributed by atoms with Gasteiger partial charge in [-0.05, 0) is 6.42 Å². The Hall–Kier alpha value is -1.85. The maximum absolute atomic E-state index is 11.1. The number of hydrogen-bond donors (Lipinski definition) is 1. The van der Waals surface area contributed by atoms with Crippen LogP contribution in [0.2, 0.25) is 0 Å². The Morgan fingerprint density at radius 2 is 2.40 bits per heavy atom. The van der Waals surface area contributed by atoms with Gasteiger partial charge in [0, 0.05) is 6.42 Å². The molecule has 6 nitrogen and oxygen atoms in total. The summed E-state index contributed by atoms with van der Waals surface area (Å²) in [5, 5.41) is 2.29. The van der Waals surface area contributed by atoms with Gasteiger partial charge in [-0.2, -0.15) is 0 Å². The van der Waals surface area contributed by atoms with Crippen LogP contribution in [0.4, 0.5) is 4.79 Å². The minimum absolute atomic E-state index is 0.0620. The van der Waals surface area contributed by atoms with Crippen molar-refractivity contribution in [3.63, 3.8) is 0 Å². The summed E-state index contributed by atoms with van der Waals surface area (Å²) in [5.41, 5.74) is 0. The Morgan fingerprint density at radius 1 is 1.67 bits per heavy atom. The fraction of sp³-hybridized carbons (Fsp3) is 0.444. The molecule has 0 unspecified atom stereocenters. The lowest BCUT2D eigenvalue weighted by Crippen LogP contribution is -2.45. The lowest BCUT2D eigenvalue weighted by Gasteiger charge is -2.19. The first-order chi connectivity index (χ1) is 7.13. The standard InChI is InChI=1S/C9H11NO5/c1-2-5-14-9(13)10-6-3-4-7(11)15-8(6)12/h2,6H,1,3-5H2,(H,10,13)/t6-/m0/s1. The van der Waals surface area contributed by atoms with Crippen molar-refractivity contribution in [1.29, 1.82) is 0 Å². The van der Waals surface area contributed by atoms with E-state index in [-0.39, 0.29) is 19.4 Å². The van der Waals surface area contributed by atoms with E-state index in [0.29, 0.717) is 0 Å². The summed E-state index contributed by atoms with van der Waals surface area (Å²) in [4.78, 5) is 32.8. The van der Waals surface area contributed by atoms with Gasteiger partial charge >= 0.3 is 18.0 Å². The molecule has 0 radical (unpaired) electrons. The molecule has 15 heavy (non-hydrogen) atoms. The predicted molar refractivity (Wildman–Crippen MR) is 48.8 cm³/mol. The van der Waals surface area contributed by atoms with Crippen LogP contribution in [0, 0.1) is 0 Å². The Labute approximate surface area is 86.2 Å². The van der Waals surface area contributed by atoms with Gasteiger partial charge in [-0.15, -0.1) is 0 Å². The Balaban J connectivity index is 2.37. The number of hydrogen-bond acceptors (Lipinski definition) is 5. The zero-order chi connectivity index (χ0) is 11.3. The number of nitrogens with one attached hydrogen (secondary N) is 1. The summed E-state index contributed by atoms with van der Waals surface area (Å²) >= 11 is 0. The van der Waals surface area contributed by atoms with Gasteiger partial charge in [0.2, 0.25) is 0 Å². The van der Waals surface area contributed by atoms with Crippen LogP contribution in [0.5, 0.6) is 0 Å². The zero-order valence-corrected chi connectivity index (χ0v) is 8.02. The summed E-state index contributed by atoms with van der Waals surface area (Å²) in [6, 6.07) is -0.806. The Bertz CT molecular complexity index is 299. The number of ether oxygens (including phenoxy) is 2. The number of alkyl carbamates (subject to hydrolysis) is 1. The first kappa shape index (κ1) is 11.2. The van der Waals surface area contributed by atoms with E-state index in [0.717, 1.165) is 0 Å². The highest BCUT2D eigenvalue weighted by Gasteiger charge is 2.30. The number of carbonyl (C=O) groups is 3. The number of rotatable bonds is 3. The minimum Gasteiger partial charge on any atom is -0.445 e. The van der Waals surface area contributed by atoms with Crippen LogP contribution in [0.3, 0.4) is 0 Å². The molecule has 1 saturated heterocycles. The highest BCUT2D eigenvalue weighted by atomic mass is 16.6. The molecule has 1 atom stereocenters. The van der Waals surface area contributed by atoms with Crippen molar-refractivity contribution in [2.45, 2.75) is 18.9 Å². The van der Waals surface area contributed by atoms with Crippen LogP contribution in [0.1, 0.15) is 12.8 Å². The van der Waals surface area contributed by atoms with Gasteiger partial charge in [-0.3, -0.25) is 4.79 Å². The molecule has 82 valence electrons. The normalized spacial score (nSPS) is 20.4. The van der Waals surface area contributed by atoms with E-state index in [1.54, 1.807) is 0 Å². The van der Waals surface area contributed by atoms with Crippen molar-refractivity contribution in [3.05, 3.63) is 12.7 Å². The molecule has 0 bridgehead atoms. The molecule has 1 aliphatic rings. The maximum Gasteiger partial charge on any atom is 0.408 e. The van der Waals surface area contributed by atoms with E-state index in [4.69, 9.17) is 0 Å². The third-order valence-electron chi connectivity index (χ3n) is 1.76. The molecule has 0 saturated carbocycles. The molecular weight excluding hydrogens is 202 g/mol. The van der Waals surface area contributed by atoms with Crippen molar-refractivity contribution >= 4 is 18.0 Å². The molecule has 1 rings (SSSR count). The highest BCUT2D eigenvalue weighted by molar-refractivity contribution is 5.92. The smallest absolute Gasteiger partial charge is 0.408 e. The second kappa shape index (κ2) is 5.14. The molecule has 0 aromatic heterocycles. The number of esters is 2. The van der Waals surface area contributed by atoms with E-state index < -0.39 is 24.1 Å². The van der Waals surface area contributed by atoms with E-state index in [1.165, 1.54) is 6.08 Å². The first-order valence-corrected chi connectivity index (χ1v) is 4.42. The summed E-state index contributed by atoms with van der Waals surface area (Å²) in [7, 11) is 0. The van der Waals surface area contributed by atoms with Crippen molar-refractivity contribution in [2.24, 2.45) is 0 Å². The van der Waals surface area contributed by atoms with Crippen LogP contribution in [0.15, 0.2) is 12.7 Å². The van der Waals surface area contributed by atoms with Crippen LogP contribution in [0.25, 0.3) is 0 Å². The largest absolute Gasteiger partial charge is 0.445 e. The molecule has 1 amide bonds. The molecule has 0 aromatic rings. The fourth-order valence-corrected chi connectivity index (χ4v) is 1.06. The molecule has 1 aliphatic heterocycles. The Kier molecular flexibility index (Phi) is 3.84. The van der Waals surface area contributed by atoms with E-state index in [9.17, 15) is 14.4 Å². The summed E-state index contributed by atoms with van der Waals surface area (Å²) in [6.45, 7) is 3.43. The van der Waals surface area contributed by atoms with E-state index in [2.05, 4.69) is 21.4 Å². The topological polar surface area (TPSA) is 81.7 Å². The highest BCUT2D eigenvalue weighted by Crippen LogP contribution is 2.09. The quantitative estimate of drug-likeness (QED) is 0.409. The maximum atomic E-state index is 11.1. The average Bonchev–Trinajstić information content (AvgIpc) is 2.19. The molecule has 6 heteroatoms. The molecule has 1 fully saturated rings. The average molecular weight is 213 g/mol. The van der Waals surface area contributed by atoms with Crippen molar-refractivity contribution < 1.29 is 23.9 Å². The fourth-order valence-electron chi connectivity index (χ4n) is 1.06. The number of carbonyl (C=O) groups excluding carboxylic acids is 3. The minimum atomic E-state index is -0.806. The predicted octanol–water partition coefficient (Wildman–Crippen LogP) is 0.131. The molecule has 1 N–H and O–H groups in total. The molecule has 0 spiro atoms. The van der Waals surface area contributed by atoms with Gasteiger partial charge in [-0.25, -0.2) is 9.59 Å². The van der Waals surface area contributed by atoms with Crippen molar-refractivity contribution in [3.8, 4) is 0 Å². The van der Waals surface area contributed by atoms with Crippen LogP contribution >= 0.6 is 0 Å². The van der Waals surface area contributed by atoms with Gasteiger partial charge in [-0.1, -0.05) is 12.7 Å². The van der Waals surface area contributed by atoms with Gasteiger partial charge in [0.25, 0.3) is 0 Å². The van der Waals surface area contributed by atoms with Crippen molar-refractivity contribution in [1.82, 2.24) is 5.32 Å². The van der Waals surface area contributed by atoms with Crippen LogP contribution < -0.4 is 5.32 Å². The third kappa shape index (κ3) is 3.41.